The minimum absolute atomic E-state index is 0.264. The van der Waals surface area contributed by atoms with Crippen LogP contribution in [0.1, 0.15) is 16.2 Å². The third-order valence-corrected chi connectivity index (χ3v) is 5.15. The van der Waals surface area contributed by atoms with Crippen molar-refractivity contribution in [1.82, 2.24) is 30.0 Å². The van der Waals surface area contributed by atoms with E-state index >= 15 is 0 Å². The van der Waals surface area contributed by atoms with E-state index in [1.807, 2.05) is 29.6 Å². The predicted octanol–water partition coefficient (Wildman–Crippen LogP) is 2.77. The molecule has 0 radical (unpaired) electrons. The number of aromatic nitrogens is 5. The molecule has 1 amide bonds. The van der Waals surface area contributed by atoms with Gasteiger partial charge >= 0.3 is 0 Å². The summed E-state index contributed by atoms with van der Waals surface area (Å²) in [6, 6.07) is 11.2. The number of thiazole rings is 1. The van der Waals surface area contributed by atoms with Crippen LogP contribution >= 0.6 is 11.3 Å². The van der Waals surface area contributed by atoms with Gasteiger partial charge in [0, 0.05) is 36.3 Å². The number of carbonyl (C=O) groups excluding carboxylic acids is 1. The zero-order valence-electron chi connectivity index (χ0n) is 15.6. The fraction of sp³-hybridized carbons (Fsp3) is 0.150. The van der Waals surface area contributed by atoms with Crippen LogP contribution < -0.4 is 10.1 Å². The lowest BCUT2D eigenvalue weighted by Gasteiger charge is -2.04. The summed E-state index contributed by atoms with van der Waals surface area (Å²) in [6.45, 7) is 0.468. The van der Waals surface area contributed by atoms with Gasteiger partial charge in [0.2, 0.25) is 0 Å². The molecule has 8 nitrogen and oxygen atoms in total. The molecule has 9 heteroatoms. The Morgan fingerprint density at radius 2 is 2.03 bits per heavy atom. The van der Waals surface area contributed by atoms with E-state index in [-0.39, 0.29) is 11.6 Å². The fourth-order valence-electron chi connectivity index (χ4n) is 2.66. The standard InChI is InChI=1S/C20H18N6O2S/c1-28-16-4-2-14(3-5-16)20-23-15(12-29-20)8-9-22-19(27)17-6-7-18(25-24-17)26-11-10-21-13-26/h2-7,10-13H,8-9H2,1H3,(H,22,27). The van der Waals surface area contributed by atoms with Gasteiger partial charge in [-0.1, -0.05) is 0 Å². The Labute approximate surface area is 171 Å². The number of rotatable bonds is 7. The molecule has 0 saturated heterocycles. The molecule has 1 N–H and O–H groups in total. The van der Waals surface area contributed by atoms with Crippen LogP contribution in [-0.2, 0) is 6.42 Å². The molecule has 3 heterocycles. The van der Waals surface area contributed by atoms with Crippen molar-refractivity contribution < 1.29 is 9.53 Å². The van der Waals surface area contributed by atoms with E-state index in [2.05, 4.69) is 25.5 Å². The van der Waals surface area contributed by atoms with Crippen LogP contribution in [0.4, 0.5) is 0 Å². The van der Waals surface area contributed by atoms with Crippen molar-refractivity contribution in [3.05, 3.63) is 71.9 Å². The molecule has 0 spiro atoms. The van der Waals surface area contributed by atoms with Crippen LogP contribution in [0, 0.1) is 0 Å². The first kappa shape index (κ1) is 18.8. The normalized spacial score (nSPS) is 10.7. The van der Waals surface area contributed by atoms with E-state index < -0.39 is 0 Å². The van der Waals surface area contributed by atoms with Crippen molar-refractivity contribution >= 4 is 17.2 Å². The summed E-state index contributed by atoms with van der Waals surface area (Å²) in [4.78, 5) is 20.9. The van der Waals surface area contributed by atoms with Crippen molar-refractivity contribution in [2.45, 2.75) is 6.42 Å². The number of hydrogen-bond acceptors (Lipinski definition) is 7. The SMILES string of the molecule is COc1ccc(-c2nc(CCNC(=O)c3ccc(-n4ccnc4)nn3)cs2)cc1. The first-order chi connectivity index (χ1) is 14.2. The van der Waals surface area contributed by atoms with Crippen molar-refractivity contribution in [3.63, 3.8) is 0 Å². The molecule has 1 aromatic carbocycles. The average molecular weight is 406 g/mol. The molecule has 0 atom stereocenters. The molecular weight excluding hydrogens is 388 g/mol. The third-order valence-electron chi connectivity index (χ3n) is 4.21. The molecule has 0 fully saturated rings. The van der Waals surface area contributed by atoms with Gasteiger partial charge in [0.1, 0.15) is 17.1 Å². The van der Waals surface area contributed by atoms with Gasteiger partial charge in [-0.3, -0.25) is 9.36 Å². The van der Waals surface area contributed by atoms with Crippen molar-refractivity contribution in [2.24, 2.45) is 0 Å². The highest BCUT2D eigenvalue weighted by molar-refractivity contribution is 7.13. The number of benzene rings is 1. The molecule has 0 bridgehead atoms. The molecule has 0 aliphatic rings. The lowest BCUT2D eigenvalue weighted by atomic mass is 10.2. The van der Waals surface area contributed by atoms with E-state index in [1.54, 1.807) is 53.9 Å². The Kier molecular flexibility index (Phi) is 5.57. The monoisotopic (exact) mass is 406 g/mol. The molecule has 4 rings (SSSR count). The van der Waals surface area contributed by atoms with E-state index in [0.717, 1.165) is 22.0 Å². The zero-order valence-corrected chi connectivity index (χ0v) is 16.5. The number of nitrogens with one attached hydrogen (secondary N) is 1. The zero-order chi connectivity index (χ0) is 20.1. The van der Waals surface area contributed by atoms with E-state index in [9.17, 15) is 4.79 Å². The Bertz CT molecular complexity index is 1080. The van der Waals surface area contributed by atoms with Gasteiger partial charge in [-0.15, -0.1) is 21.5 Å². The lowest BCUT2D eigenvalue weighted by Crippen LogP contribution is -2.27. The Morgan fingerprint density at radius 3 is 2.72 bits per heavy atom. The minimum Gasteiger partial charge on any atom is -0.497 e. The van der Waals surface area contributed by atoms with Crippen molar-refractivity contribution in [1.29, 1.82) is 0 Å². The maximum absolute atomic E-state index is 12.3. The second-order valence-electron chi connectivity index (χ2n) is 6.13. The summed E-state index contributed by atoms with van der Waals surface area (Å²) in [7, 11) is 1.64. The quantitative estimate of drug-likeness (QED) is 0.507. The van der Waals surface area contributed by atoms with Crippen LogP contribution in [0.25, 0.3) is 16.4 Å². The minimum atomic E-state index is -0.264. The van der Waals surface area contributed by atoms with Crippen LogP contribution in [0.5, 0.6) is 5.75 Å². The van der Waals surface area contributed by atoms with E-state index in [0.29, 0.717) is 18.8 Å². The Hall–Kier alpha value is -3.59. The van der Waals surface area contributed by atoms with Gasteiger partial charge < -0.3 is 10.1 Å². The first-order valence-electron chi connectivity index (χ1n) is 8.92. The maximum atomic E-state index is 12.3. The molecular formula is C20H18N6O2S. The van der Waals surface area contributed by atoms with E-state index in [1.165, 1.54) is 0 Å². The van der Waals surface area contributed by atoms with Crippen LogP contribution in [-0.4, -0.2) is 44.3 Å². The molecule has 3 aromatic heterocycles. The number of hydrogen-bond donors (Lipinski definition) is 1. The molecule has 0 aliphatic carbocycles. The first-order valence-corrected chi connectivity index (χ1v) is 9.80. The fourth-order valence-corrected chi connectivity index (χ4v) is 3.52. The van der Waals surface area contributed by atoms with Gasteiger partial charge in [-0.2, -0.15) is 0 Å². The summed E-state index contributed by atoms with van der Waals surface area (Å²) >= 11 is 1.58. The predicted molar refractivity (Wildman–Crippen MR) is 109 cm³/mol. The summed E-state index contributed by atoms with van der Waals surface area (Å²) < 4.78 is 6.90. The highest BCUT2D eigenvalue weighted by Crippen LogP contribution is 2.25. The smallest absolute Gasteiger partial charge is 0.271 e. The Balaban J connectivity index is 1.30. The third kappa shape index (κ3) is 4.46. The molecule has 146 valence electrons. The number of carbonyl (C=O) groups is 1. The van der Waals surface area contributed by atoms with E-state index in [4.69, 9.17) is 4.74 Å². The van der Waals surface area contributed by atoms with Crippen molar-refractivity contribution in [3.8, 4) is 22.1 Å². The topological polar surface area (TPSA) is 94.8 Å². The van der Waals surface area contributed by atoms with Crippen molar-refractivity contribution in [2.75, 3.05) is 13.7 Å². The second-order valence-corrected chi connectivity index (χ2v) is 6.98. The largest absolute Gasteiger partial charge is 0.497 e. The number of ether oxygens (including phenoxy) is 1. The van der Waals surface area contributed by atoms with Gasteiger partial charge in [-0.25, -0.2) is 9.97 Å². The number of nitrogens with zero attached hydrogens (tertiary/aromatic N) is 5. The van der Waals surface area contributed by atoms with Crippen LogP contribution in [0.2, 0.25) is 0 Å². The Morgan fingerprint density at radius 1 is 1.17 bits per heavy atom. The van der Waals surface area contributed by atoms with Gasteiger partial charge in [0.05, 0.1) is 12.8 Å². The molecule has 0 unspecified atom stereocenters. The van der Waals surface area contributed by atoms with Crippen LogP contribution in [0.15, 0.2) is 60.5 Å². The average Bonchev–Trinajstić information content (AvgIpc) is 3.46. The maximum Gasteiger partial charge on any atom is 0.271 e. The lowest BCUT2D eigenvalue weighted by molar-refractivity contribution is 0.0948. The van der Waals surface area contributed by atoms with Gasteiger partial charge in [0.25, 0.3) is 5.91 Å². The molecule has 0 aliphatic heterocycles. The van der Waals surface area contributed by atoms with Gasteiger partial charge in [0.15, 0.2) is 11.5 Å². The summed E-state index contributed by atoms with van der Waals surface area (Å²) in [5.74, 6) is 1.15. The second kappa shape index (κ2) is 8.61. The summed E-state index contributed by atoms with van der Waals surface area (Å²) in [5, 5.41) is 13.8. The summed E-state index contributed by atoms with van der Waals surface area (Å²) in [5.41, 5.74) is 2.24. The number of imidazole rings is 1. The van der Waals surface area contributed by atoms with Gasteiger partial charge in [-0.05, 0) is 36.4 Å². The molecule has 29 heavy (non-hydrogen) atoms. The summed E-state index contributed by atoms with van der Waals surface area (Å²) in [6.07, 6.45) is 5.68. The molecule has 4 aromatic rings. The van der Waals surface area contributed by atoms with Crippen LogP contribution in [0.3, 0.4) is 0 Å². The molecule has 0 saturated carbocycles. The number of amides is 1. The number of methoxy groups -OCH3 is 1. The highest BCUT2D eigenvalue weighted by Gasteiger charge is 2.10. The highest BCUT2D eigenvalue weighted by atomic mass is 32.1.